The van der Waals surface area contributed by atoms with Gasteiger partial charge < -0.3 is 19.7 Å². The van der Waals surface area contributed by atoms with E-state index in [1.54, 1.807) is 12.1 Å². The van der Waals surface area contributed by atoms with Crippen LogP contribution in [0.3, 0.4) is 0 Å². The highest BCUT2D eigenvalue weighted by Gasteiger charge is 2.32. The van der Waals surface area contributed by atoms with Gasteiger partial charge in [0.15, 0.2) is 6.10 Å². The standard InChI is InChI=1S/C18H20O5/c1-11-6-4-5-7-13(11)16(17(20)18(21)23-3)14-9-8-12(22-2)10-15(14)19/h4-10,16-17,19-20H,1-3H3/t16-,17-/m0/s1. The molecule has 0 heterocycles. The van der Waals surface area contributed by atoms with Gasteiger partial charge in [0.1, 0.15) is 11.5 Å². The van der Waals surface area contributed by atoms with Crippen LogP contribution in [-0.4, -0.2) is 36.5 Å². The number of aromatic hydroxyl groups is 1. The topological polar surface area (TPSA) is 76.0 Å². The Bertz CT molecular complexity index is 696. The molecule has 2 atom stereocenters. The van der Waals surface area contributed by atoms with Crippen molar-refractivity contribution in [2.75, 3.05) is 14.2 Å². The number of aliphatic hydroxyl groups is 1. The van der Waals surface area contributed by atoms with E-state index >= 15 is 0 Å². The SMILES string of the molecule is COC(=O)[C@@H](O)[C@@H](c1ccccc1C)c1ccc(OC)cc1O. The average molecular weight is 316 g/mol. The van der Waals surface area contributed by atoms with Crippen LogP contribution in [0.25, 0.3) is 0 Å². The summed E-state index contributed by atoms with van der Waals surface area (Å²) in [5.74, 6) is -1.06. The van der Waals surface area contributed by atoms with E-state index in [-0.39, 0.29) is 5.75 Å². The third kappa shape index (κ3) is 3.46. The number of aliphatic hydroxyl groups excluding tert-OH is 1. The molecule has 0 unspecified atom stereocenters. The second-order valence-electron chi connectivity index (χ2n) is 5.23. The van der Waals surface area contributed by atoms with Gasteiger partial charge in [-0.05, 0) is 24.1 Å². The van der Waals surface area contributed by atoms with Crippen molar-refractivity contribution in [3.05, 3.63) is 59.2 Å². The fourth-order valence-electron chi connectivity index (χ4n) is 2.61. The summed E-state index contributed by atoms with van der Waals surface area (Å²) in [6, 6.07) is 12.1. The summed E-state index contributed by atoms with van der Waals surface area (Å²) >= 11 is 0. The van der Waals surface area contributed by atoms with Crippen LogP contribution in [0.1, 0.15) is 22.6 Å². The van der Waals surface area contributed by atoms with E-state index in [1.807, 2.05) is 31.2 Å². The summed E-state index contributed by atoms with van der Waals surface area (Å²) in [6.45, 7) is 1.88. The first kappa shape index (κ1) is 16.8. The maximum absolute atomic E-state index is 11.9. The molecule has 23 heavy (non-hydrogen) atoms. The van der Waals surface area contributed by atoms with E-state index in [0.29, 0.717) is 11.3 Å². The summed E-state index contributed by atoms with van der Waals surface area (Å²) in [5.41, 5.74) is 2.07. The summed E-state index contributed by atoms with van der Waals surface area (Å²) < 4.78 is 9.74. The minimum atomic E-state index is -1.43. The van der Waals surface area contributed by atoms with Gasteiger partial charge in [0.05, 0.1) is 14.2 Å². The second kappa shape index (κ2) is 7.15. The number of hydrogen-bond acceptors (Lipinski definition) is 5. The van der Waals surface area contributed by atoms with Crippen LogP contribution < -0.4 is 4.74 Å². The van der Waals surface area contributed by atoms with Crippen LogP contribution in [-0.2, 0) is 9.53 Å². The van der Waals surface area contributed by atoms with E-state index in [9.17, 15) is 15.0 Å². The number of ether oxygens (including phenoxy) is 2. The first-order chi connectivity index (χ1) is 11.0. The zero-order valence-corrected chi connectivity index (χ0v) is 13.3. The van der Waals surface area contributed by atoms with Crippen molar-refractivity contribution in [3.63, 3.8) is 0 Å². The molecule has 0 aliphatic heterocycles. The lowest BCUT2D eigenvalue weighted by atomic mass is 9.83. The quantitative estimate of drug-likeness (QED) is 0.828. The van der Waals surface area contributed by atoms with Crippen molar-refractivity contribution in [1.82, 2.24) is 0 Å². The average Bonchev–Trinajstić information content (AvgIpc) is 2.57. The molecule has 0 aliphatic carbocycles. The van der Waals surface area contributed by atoms with Crippen LogP contribution in [0.4, 0.5) is 0 Å². The molecule has 0 amide bonds. The van der Waals surface area contributed by atoms with Gasteiger partial charge in [0.25, 0.3) is 0 Å². The Labute approximate surface area is 135 Å². The minimum Gasteiger partial charge on any atom is -0.508 e. The number of esters is 1. The third-order valence-corrected chi connectivity index (χ3v) is 3.85. The number of benzene rings is 2. The van der Waals surface area contributed by atoms with Crippen molar-refractivity contribution in [2.45, 2.75) is 18.9 Å². The van der Waals surface area contributed by atoms with Crippen LogP contribution >= 0.6 is 0 Å². The lowest BCUT2D eigenvalue weighted by Gasteiger charge is -2.24. The van der Waals surface area contributed by atoms with Gasteiger partial charge in [0.2, 0.25) is 0 Å². The number of phenolic OH excluding ortho intramolecular Hbond substituents is 1. The Balaban J connectivity index is 2.58. The predicted octanol–water partition coefficient (Wildman–Crippen LogP) is 2.38. The van der Waals surface area contributed by atoms with Crippen LogP contribution in [0.15, 0.2) is 42.5 Å². The number of carbonyl (C=O) groups is 1. The van der Waals surface area contributed by atoms with Crippen LogP contribution in [0.5, 0.6) is 11.5 Å². The molecule has 0 aliphatic rings. The molecular formula is C18H20O5. The summed E-state index contributed by atoms with van der Waals surface area (Å²) in [4.78, 5) is 11.9. The molecule has 2 rings (SSSR count). The third-order valence-electron chi connectivity index (χ3n) is 3.85. The lowest BCUT2D eigenvalue weighted by Crippen LogP contribution is -2.30. The molecule has 2 N–H and O–H groups in total. The summed E-state index contributed by atoms with van der Waals surface area (Å²) in [5, 5.41) is 20.7. The first-order valence-electron chi connectivity index (χ1n) is 7.18. The minimum absolute atomic E-state index is 0.0550. The Morgan fingerprint density at radius 2 is 1.78 bits per heavy atom. The Kier molecular flexibility index (Phi) is 5.24. The molecule has 5 heteroatoms. The van der Waals surface area contributed by atoms with Gasteiger partial charge >= 0.3 is 5.97 Å². The van der Waals surface area contributed by atoms with Crippen molar-refractivity contribution < 1.29 is 24.5 Å². The van der Waals surface area contributed by atoms with E-state index in [0.717, 1.165) is 11.1 Å². The maximum Gasteiger partial charge on any atom is 0.335 e. The summed E-state index contributed by atoms with van der Waals surface area (Å²) in [6.07, 6.45) is -1.43. The monoisotopic (exact) mass is 316 g/mol. The van der Waals surface area contributed by atoms with Gasteiger partial charge in [-0.2, -0.15) is 0 Å². The largest absolute Gasteiger partial charge is 0.508 e. The van der Waals surface area contributed by atoms with Gasteiger partial charge in [-0.1, -0.05) is 30.3 Å². The van der Waals surface area contributed by atoms with Crippen molar-refractivity contribution >= 4 is 5.97 Å². The fourth-order valence-corrected chi connectivity index (χ4v) is 2.61. The molecular weight excluding hydrogens is 296 g/mol. The van der Waals surface area contributed by atoms with Gasteiger partial charge in [-0.15, -0.1) is 0 Å². The fraction of sp³-hybridized carbons (Fsp3) is 0.278. The predicted molar refractivity (Wildman–Crippen MR) is 85.7 cm³/mol. The number of carbonyl (C=O) groups excluding carboxylic acids is 1. The Morgan fingerprint density at radius 1 is 1.09 bits per heavy atom. The molecule has 5 nitrogen and oxygen atoms in total. The van der Waals surface area contributed by atoms with Crippen molar-refractivity contribution in [1.29, 1.82) is 0 Å². The second-order valence-corrected chi connectivity index (χ2v) is 5.23. The molecule has 0 aromatic heterocycles. The van der Waals surface area contributed by atoms with Crippen LogP contribution in [0.2, 0.25) is 0 Å². The first-order valence-corrected chi connectivity index (χ1v) is 7.18. The highest BCUT2D eigenvalue weighted by molar-refractivity contribution is 5.77. The molecule has 0 saturated heterocycles. The maximum atomic E-state index is 11.9. The molecule has 0 saturated carbocycles. The molecule has 0 bridgehead atoms. The lowest BCUT2D eigenvalue weighted by molar-refractivity contribution is -0.151. The van der Waals surface area contributed by atoms with E-state index in [2.05, 4.69) is 4.74 Å². The number of aryl methyl sites for hydroxylation is 1. The zero-order chi connectivity index (χ0) is 17.0. The Morgan fingerprint density at radius 3 is 2.35 bits per heavy atom. The highest BCUT2D eigenvalue weighted by Crippen LogP contribution is 2.37. The van der Waals surface area contributed by atoms with Crippen LogP contribution in [0, 0.1) is 6.92 Å². The van der Waals surface area contributed by atoms with E-state index in [4.69, 9.17) is 4.74 Å². The molecule has 0 radical (unpaired) electrons. The number of phenols is 1. The molecule has 122 valence electrons. The molecule has 2 aromatic carbocycles. The highest BCUT2D eigenvalue weighted by atomic mass is 16.5. The van der Waals surface area contributed by atoms with E-state index < -0.39 is 18.0 Å². The molecule has 0 spiro atoms. The van der Waals surface area contributed by atoms with Gasteiger partial charge in [0, 0.05) is 17.5 Å². The molecule has 0 fully saturated rings. The number of rotatable bonds is 5. The molecule has 2 aromatic rings. The number of hydrogen-bond donors (Lipinski definition) is 2. The zero-order valence-electron chi connectivity index (χ0n) is 13.3. The normalized spacial score (nSPS) is 13.2. The van der Waals surface area contributed by atoms with Crippen molar-refractivity contribution in [2.24, 2.45) is 0 Å². The smallest absolute Gasteiger partial charge is 0.335 e. The Hall–Kier alpha value is -2.53. The van der Waals surface area contributed by atoms with E-state index in [1.165, 1.54) is 20.3 Å². The van der Waals surface area contributed by atoms with Gasteiger partial charge in [-0.25, -0.2) is 4.79 Å². The number of methoxy groups -OCH3 is 2. The van der Waals surface area contributed by atoms with Gasteiger partial charge in [-0.3, -0.25) is 0 Å². The summed E-state index contributed by atoms with van der Waals surface area (Å²) in [7, 11) is 2.71. The van der Waals surface area contributed by atoms with Crippen molar-refractivity contribution in [3.8, 4) is 11.5 Å².